The zero-order valence-corrected chi connectivity index (χ0v) is 11.5. The van der Waals surface area contributed by atoms with E-state index in [-0.39, 0.29) is 18.0 Å². The van der Waals surface area contributed by atoms with Gasteiger partial charge in [-0.05, 0) is 30.9 Å². The van der Waals surface area contributed by atoms with Crippen molar-refractivity contribution in [3.8, 4) is 0 Å². The Labute approximate surface area is 121 Å². The average molecular weight is 299 g/mol. The Morgan fingerprint density at radius 1 is 1.55 bits per heavy atom. The maximum atomic E-state index is 11.1. The fourth-order valence-corrected chi connectivity index (χ4v) is 2.77. The van der Waals surface area contributed by atoms with Crippen molar-refractivity contribution in [1.82, 2.24) is 0 Å². The summed E-state index contributed by atoms with van der Waals surface area (Å²) in [4.78, 5) is 23.3. The molecule has 1 aliphatic rings. The molecule has 7 heteroatoms. The molecule has 1 fully saturated rings. The van der Waals surface area contributed by atoms with Crippen molar-refractivity contribution in [3.05, 3.63) is 33.3 Å². The number of aliphatic carboxylic acids is 1. The highest BCUT2D eigenvalue weighted by Crippen LogP contribution is 2.34. The molecular weight excluding hydrogens is 284 g/mol. The Hall–Kier alpha value is -1.82. The Bertz CT molecular complexity index is 535. The third kappa shape index (κ3) is 3.39. The lowest BCUT2D eigenvalue weighted by Gasteiger charge is -2.33. The van der Waals surface area contributed by atoms with Gasteiger partial charge in [0, 0.05) is 30.6 Å². The lowest BCUT2D eigenvalue weighted by Crippen LogP contribution is -2.36. The number of rotatable bonds is 4. The number of nitrogens with zero attached hydrogens (tertiary/aromatic N) is 2. The molecule has 0 radical (unpaired) electrons. The first-order chi connectivity index (χ1) is 9.47. The van der Waals surface area contributed by atoms with Crippen molar-refractivity contribution in [2.45, 2.75) is 19.3 Å². The van der Waals surface area contributed by atoms with Gasteiger partial charge in [-0.3, -0.25) is 14.9 Å². The molecule has 1 aromatic rings. The van der Waals surface area contributed by atoms with Gasteiger partial charge in [0.05, 0.1) is 4.92 Å². The van der Waals surface area contributed by atoms with Crippen LogP contribution < -0.4 is 4.90 Å². The van der Waals surface area contributed by atoms with E-state index in [1.165, 1.54) is 12.1 Å². The lowest BCUT2D eigenvalue weighted by atomic mass is 9.94. The van der Waals surface area contributed by atoms with Crippen molar-refractivity contribution in [2.24, 2.45) is 5.92 Å². The molecule has 0 spiro atoms. The Kier molecular flexibility index (Phi) is 4.44. The van der Waals surface area contributed by atoms with Gasteiger partial charge in [0.15, 0.2) is 0 Å². The fraction of sp³-hybridized carbons (Fsp3) is 0.462. The minimum Gasteiger partial charge on any atom is -0.481 e. The summed E-state index contributed by atoms with van der Waals surface area (Å²) in [6, 6.07) is 4.45. The van der Waals surface area contributed by atoms with Crippen LogP contribution in [0, 0.1) is 16.0 Å². The third-order valence-electron chi connectivity index (χ3n) is 3.46. The van der Waals surface area contributed by atoms with E-state index in [9.17, 15) is 14.9 Å². The summed E-state index contributed by atoms with van der Waals surface area (Å²) in [5.74, 6) is -0.822. The number of carbonyl (C=O) groups is 1. The highest BCUT2D eigenvalue weighted by Gasteiger charge is 2.26. The zero-order valence-electron chi connectivity index (χ0n) is 10.8. The predicted molar refractivity (Wildman–Crippen MR) is 75.3 cm³/mol. The summed E-state index contributed by atoms with van der Waals surface area (Å²) in [7, 11) is 0. The van der Waals surface area contributed by atoms with Gasteiger partial charge >= 0.3 is 5.97 Å². The number of halogens is 1. The van der Waals surface area contributed by atoms with Crippen LogP contribution in [0.1, 0.15) is 19.3 Å². The smallest absolute Gasteiger partial charge is 0.303 e. The van der Waals surface area contributed by atoms with Crippen LogP contribution in [0.25, 0.3) is 0 Å². The van der Waals surface area contributed by atoms with Gasteiger partial charge in [-0.2, -0.15) is 0 Å². The van der Waals surface area contributed by atoms with E-state index in [1.807, 2.05) is 4.90 Å². The molecule has 0 aromatic heterocycles. The van der Waals surface area contributed by atoms with Gasteiger partial charge in [-0.25, -0.2) is 0 Å². The summed E-state index contributed by atoms with van der Waals surface area (Å²) in [5.41, 5.74) is 0.475. The molecule has 0 amide bonds. The molecule has 108 valence electrons. The van der Waals surface area contributed by atoms with Crippen LogP contribution in [0.3, 0.4) is 0 Å². The number of carboxylic acid groups (broad SMARTS) is 1. The molecule has 1 N–H and O–H groups in total. The Morgan fingerprint density at radius 3 is 2.95 bits per heavy atom. The van der Waals surface area contributed by atoms with Gasteiger partial charge < -0.3 is 10.0 Å². The topological polar surface area (TPSA) is 83.7 Å². The summed E-state index contributed by atoms with van der Waals surface area (Å²) in [6.07, 6.45) is 1.74. The number of nitro groups is 1. The molecule has 6 nitrogen and oxygen atoms in total. The molecule has 1 saturated heterocycles. The summed E-state index contributed by atoms with van der Waals surface area (Å²) < 4.78 is 0. The second kappa shape index (κ2) is 6.09. The van der Waals surface area contributed by atoms with E-state index >= 15 is 0 Å². The van der Waals surface area contributed by atoms with Crippen LogP contribution in [-0.2, 0) is 4.79 Å². The van der Waals surface area contributed by atoms with Gasteiger partial charge in [-0.15, -0.1) is 0 Å². The molecule has 20 heavy (non-hydrogen) atoms. The third-order valence-corrected chi connectivity index (χ3v) is 3.69. The molecular formula is C13H15ClN2O4. The number of nitro benzene ring substituents is 1. The van der Waals surface area contributed by atoms with Crippen molar-refractivity contribution in [2.75, 3.05) is 18.0 Å². The average Bonchev–Trinajstić information content (AvgIpc) is 2.37. The number of hydrogen-bond donors (Lipinski definition) is 1. The molecule has 1 aliphatic heterocycles. The summed E-state index contributed by atoms with van der Waals surface area (Å²) in [5, 5.41) is 20.4. The monoisotopic (exact) mass is 298 g/mol. The molecule has 1 heterocycles. The molecule has 1 aromatic carbocycles. The van der Waals surface area contributed by atoms with E-state index in [1.54, 1.807) is 6.07 Å². The van der Waals surface area contributed by atoms with Crippen LogP contribution >= 0.6 is 11.6 Å². The van der Waals surface area contributed by atoms with Gasteiger partial charge in [0.1, 0.15) is 5.69 Å². The number of piperidine rings is 1. The van der Waals surface area contributed by atoms with Crippen LogP contribution in [0.4, 0.5) is 11.4 Å². The second-order valence-corrected chi connectivity index (χ2v) is 5.38. The van der Waals surface area contributed by atoms with Crippen molar-refractivity contribution >= 4 is 28.9 Å². The number of hydrogen-bond acceptors (Lipinski definition) is 4. The maximum absolute atomic E-state index is 11.1. The van der Waals surface area contributed by atoms with Crippen molar-refractivity contribution in [1.29, 1.82) is 0 Å². The maximum Gasteiger partial charge on any atom is 0.303 e. The van der Waals surface area contributed by atoms with Crippen LogP contribution in [0.15, 0.2) is 18.2 Å². The zero-order chi connectivity index (χ0) is 14.7. The minimum absolute atomic E-state index is 0.00498. The summed E-state index contributed by atoms with van der Waals surface area (Å²) in [6.45, 7) is 1.19. The van der Waals surface area contributed by atoms with E-state index in [0.717, 1.165) is 12.8 Å². The van der Waals surface area contributed by atoms with E-state index in [4.69, 9.17) is 16.7 Å². The normalized spacial score (nSPS) is 18.9. The predicted octanol–water partition coefficient (Wildman–Crippen LogP) is 2.94. The van der Waals surface area contributed by atoms with E-state index in [0.29, 0.717) is 23.8 Å². The number of carboxylic acids is 1. The van der Waals surface area contributed by atoms with Crippen molar-refractivity contribution in [3.63, 3.8) is 0 Å². The molecule has 0 bridgehead atoms. The number of benzene rings is 1. The van der Waals surface area contributed by atoms with Crippen LogP contribution in [0.5, 0.6) is 0 Å². The molecule has 0 saturated carbocycles. The van der Waals surface area contributed by atoms with Gasteiger partial charge in [0.2, 0.25) is 0 Å². The molecule has 0 aliphatic carbocycles. The van der Waals surface area contributed by atoms with Crippen LogP contribution in [-0.4, -0.2) is 29.1 Å². The molecule has 1 unspecified atom stereocenters. The lowest BCUT2D eigenvalue weighted by molar-refractivity contribution is -0.384. The number of anilines is 1. The van der Waals surface area contributed by atoms with Gasteiger partial charge in [0.25, 0.3) is 5.69 Å². The Balaban J connectivity index is 2.24. The minimum atomic E-state index is -0.836. The first-order valence-corrected chi connectivity index (χ1v) is 6.76. The first-order valence-electron chi connectivity index (χ1n) is 6.38. The SMILES string of the molecule is O=C(O)CC1CCCN(c2cc(Cl)ccc2[N+](=O)[O-])C1. The quantitative estimate of drug-likeness (QED) is 0.682. The first kappa shape index (κ1) is 14.6. The van der Waals surface area contributed by atoms with E-state index < -0.39 is 10.9 Å². The summed E-state index contributed by atoms with van der Waals surface area (Å²) >= 11 is 5.92. The highest BCUT2D eigenvalue weighted by molar-refractivity contribution is 6.31. The largest absolute Gasteiger partial charge is 0.481 e. The second-order valence-electron chi connectivity index (χ2n) is 4.94. The Morgan fingerprint density at radius 2 is 2.30 bits per heavy atom. The standard InChI is InChI=1S/C13H15ClN2O4/c14-10-3-4-11(16(19)20)12(7-10)15-5-1-2-9(8-15)6-13(17)18/h3-4,7,9H,1-2,5-6,8H2,(H,17,18). The molecule has 1 atom stereocenters. The highest BCUT2D eigenvalue weighted by atomic mass is 35.5. The van der Waals surface area contributed by atoms with Crippen LogP contribution in [0.2, 0.25) is 5.02 Å². The molecule has 2 rings (SSSR count). The van der Waals surface area contributed by atoms with Gasteiger partial charge in [-0.1, -0.05) is 11.6 Å². The van der Waals surface area contributed by atoms with E-state index in [2.05, 4.69) is 0 Å². The fourth-order valence-electron chi connectivity index (χ4n) is 2.60. The van der Waals surface area contributed by atoms with Crippen molar-refractivity contribution < 1.29 is 14.8 Å².